The smallest absolute Gasteiger partial charge is 0.234 e. The SMILES string of the molecule is COc1ccc(CCc2nn3cnnc3s2)cc1N. The summed E-state index contributed by atoms with van der Waals surface area (Å²) in [6.07, 6.45) is 3.36. The fourth-order valence-corrected chi connectivity index (χ4v) is 2.71. The van der Waals surface area contributed by atoms with Crippen molar-refractivity contribution in [3.05, 3.63) is 35.1 Å². The highest BCUT2D eigenvalue weighted by molar-refractivity contribution is 7.16. The quantitative estimate of drug-likeness (QED) is 0.731. The van der Waals surface area contributed by atoms with Crippen LogP contribution in [0.1, 0.15) is 10.6 Å². The van der Waals surface area contributed by atoms with Gasteiger partial charge in [-0.05, 0) is 24.1 Å². The summed E-state index contributed by atoms with van der Waals surface area (Å²) in [5, 5.41) is 13.2. The van der Waals surface area contributed by atoms with E-state index in [2.05, 4.69) is 15.3 Å². The molecule has 2 aromatic heterocycles. The standard InChI is InChI=1S/C12H13N5OS/c1-18-10-4-2-8(6-9(10)13)3-5-11-16-17-7-14-15-12(17)19-11/h2,4,6-7H,3,5,13H2,1H3. The Balaban J connectivity index is 1.71. The molecule has 19 heavy (non-hydrogen) atoms. The lowest BCUT2D eigenvalue weighted by Gasteiger charge is -2.06. The van der Waals surface area contributed by atoms with E-state index in [-0.39, 0.29) is 0 Å². The van der Waals surface area contributed by atoms with Crippen molar-refractivity contribution in [2.45, 2.75) is 12.8 Å². The second kappa shape index (κ2) is 4.85. The zero-order valence-corrected chi connectivity index (χ0v) is 11.2. The van der Waals surface area contributed by atoms with Gasteiger partial charge in [-0.15, -0.1) is 10.2 Å². The Bertz CT molecular complexity index is 677. The van der Waals surface area contributed by atoms with E-state index < -0.39 is 0 Å². The lowest BCUT2D eigenvalue weighted by atomic mass is 10.1. The molecule has 0 radical (unpaired) electrons. The van der Waals surface area contributed by atoms with Gasteiger partial charge in [-0.2, -0.15) is 9.61 Å². The molecule has 0 bridgehead atoms. The summed E-state index contributed by atoms with van der Waals surface area (Å²) in [7, 11) is 1.62. The maximum atomic E-state index is 5.89. The number of anilines is 1. The number of ether oxygens (including phenoxy) is 1. The zero-order valence-electron chi connectivity index (χ0n) is 10.4. The molecule has 7 heteroatoms. The average molecular weight is 275 g/mol. The normalized spacial score (nSPS) is 11.0. The first-order valence-corrected chi connectivity index (χ1v) is 6.66. The van der Waals surface area contributed by atoms with Crippen LogP contribution in [-0.2, 0) is 12.8 Å². The summed E-state index contributed by atoms with van der Waals surface area (Å²) in [5.74, 6) is 0.711. The average Bonchev–Trinajstić information content (AvgIpc) is 2.97. The highest BCUT2D eigenvalue weighted by Crippen LogP contribution is 2.23. The van der Waals surface area contributed by atoms with E-state index >= 15 is 0 Å². The van der Waals surface area contributed by atoms with Gasteiger partial charge in [0.05, 0.1) is 12.8 Å². The highest BCUT2D eigenvalue weighted by atomic mass is 32.1. The van der Waals surface area contributed by atoms with Gasteiger partial charge < -0.3 is 10.5 Å². The summed E-state index contributed by atoms with van der Waals surface area (Å²) in [6, 6.07) is 5.86. The highest BCUT2D eigenvalue weighted by Gasteiger charge is 2.06. The van der Waals surface area contributed by atoms with Crippen molar-refractivity contribution in [1.29, 1.82) is 0 Å². The Morgan fingerprint density at radius 3 is 3.00 bits per heavy atom. The van der Waals surface area contributed by atoms with E-state index in [1.165, 1.54) is 5.56 Å². The van der Waals surface area contributed by atoms with E-state index in [0.29, 0.717) is 11.4 Å². The van der Waals surface area contributed by atoms with Crippen LogP contribution in [0.5, 0.6) is 5.75 Å². The van der Waals surface area contributed by atoms with Gasteiger partial charge in [0.15, 0.2) is 0 Å². The second-order valence-electron chi connectivity index (χ2n) is 4.13. The number of benzene rings is 1. The molecule has 0 aliphatic carbocycles. The lowest BCUT2D eigenvalue weighted by molar-refractivity contribution is 0.417. The Morgan fingerprint density at radius 1 is 1.37 bits per heavy atom. The fraction of sp³-hybridized carbons (Fsp3) is 0.250. The molecule has 0 saturated carbocycles. The van der Waals surface area contributed by atoms with E-state index in [0.717, 1.165) is 22.8 Å². The van der Waals surface area contributed by atoms with E-state index in [1.807, 2.05) is 18.2 Å². The number of aromatic nitrogens is 4. The van der Waals surface area contributed by atoms with Crippen LogP contribution in [0.25, 0.3) is 4.96 Å². The van der Waals surface area contributed by atoms with Gasteiger partial charge in [0.2, 0.25) is 4.96 Å². The second-order valence-corrected chi connectivity index (χ2v) is 5.17. The molecule has 6 nitrogen and oxygen atoms in total. The van der Waals surface area contributed by atoms with E-state index in [1.54, 1.807) is 29.3 Å². The molecule has 0 unspecified atom stereocenters. The minimum Gasteiger partial charge on any atom is -0.495 e. The molecule has 3 aromatic rings. The van der Waals surface area contributed by atoms with Crippen molar-refractivity contribution >= 4 is 22.0 Å². The Labute approximate surface area is 113 Å². The number of nitrogens with two attached hydrogens (primary N) is 1. The van der Waals surface area contributed by atoms with Gasteiger partial charge >= 0.3 is 0 Å². The van der Waals surface area contributed by atoms with Gasteiger partial charge in [-0.3, -0.25) is 0 Å². The summed E-state index contributed by atoms with van der Waals surface area (Å²) in [6.45, 7) is 0. The number of hydrogen-bond acceptors (Lipinski definition) is 6. The molecule has 98 valence electrons. The van der Waals surface area contributed by atoms with Crippen LogP contribution in [-0.4, -0.2) is 26.9 Å². The number of hydrogen-bond donors (Lipinski definition) is 1. The van der Waals surface area contributed by atoms with E-state index in [4.69, 9.17) is 10.5 Å². The minimum atomic E-state index is 0.665. The first-order chi connectivity index (χ1) is 9.26. The third kappa shape index (κ3) is 2.37. The van der Waals surface area contributed by atoms with Crippen molar-refractivity contribution in [1.82, 2.24) is 19.8 Å². The van der Waals surface area contributed by atoms with Crippen molar-refractivity contribution < 1.29 is 4.74 Å². The molecule has 3 rings (SSSR count). The predicted molar refractivity (Wildman–Crippen MR) is 73.5 cm³/mol. The van der Waals surface area contributed by atoms with Gasteiger partial charge in [0, 0.05) is 6.42 Å². The van der Waals surface area contributed by atoms with Gasteiger partial charge in [0.25, 0.3) is 0 Å². The summed E-state index contributed by atoms with van der Waals surface area (Å²) in [5.41, 5.74) is 7.72. The molecular formula is C12H13N5OS. The van der Waals surface area contributed by atoms with Crippen molar-refractivity contribution in [3.63, 3.8) is 0 Å². The maximum absolute atomic E-state index is 5.89. The number of aryl methyl sites for hydroxylation is 2. The molecule has 0 amide bonds. The molecule has 2 heterocycles. The molecule has 0 spiro atoms. The summed E-state index contributed by atoms with van der Waals surface area (Å²) in [4.78, 5) is 0.823. The summed E-state index contributed by atoms with van der Waals surface area (Å²) < 4.78 is 6.84. The van der Waals surface area contributed by atoms with Gasteiger partial charge in [0.1, 0.15) is 17.1 Å². The van der Waals surface area contributed by atoms with Gasteiger partial charge in [-0.1, -0.05) is 17.4 Å². The number of nitrogen functional groups attached to an aromatic ring is 1. The van der Waals surface area contributed by atoms with Crippen molar-refractivity contribution in [2.75, 3.05) is 12.8 Å². The first kappa shape index (κ1) is 11.9. The largest absolute Gasteiger partial charge is 0.495 e. The van der Waals surface area contributed by atoms with Crippen LogP contribution >= 0.6 is 11.3 Å². The Kier molecular flexibility index (Phi) is 3.04. The lowest BCUT2D eigenvalue weighted by Crippen LogP contribution is -1.96. The van der Waals surface area contributed by atoms with Gasteiger partial charge in [-0.25, -0.2) is 0 Å². The van der Waals surface area contributed by atoms with Crippen LogP contribution in [0.2, 0.25) is 0 Å². The van der Waals surface area contributed by atoms with Crippen LogP contribution in [0, 0.1) is 0 Å². The van der Waals surface area contributed by atoms with Crippen LogP contribution in [0.15, 0.2) is 24.5 Å². The molecule has 0 atom stereocenters. The Morgan fingerprint density at radius 2 is 2.26 bits per heavy atom. The molecule has 0 aliphatic heterocycles. The fourth-order valence-electron chi connectivity index (χ4n) is 1.89. The van der Waals surface area contributed by atoms with Crippen molar-refractivity contribution in [3.8, 4) is 5.75 Å². The molecular weight excluding hydrogens is 262 g/mol. The molecule has 2 N–H and O–H groups in total. The number of fused-ring (bicyclic) bond motifs is 1. The van der Waals surface area contributed by atoms with Crippen LogP contribution in [0.4, 0.5) is 5.69 Å². The van der Waals surface area contributed by atoms with E-state index in [9.17, 15) is 0 Å². The molecule has 0 fully saturated rings. The molecule has 0 saturated heterocycles. The number of nitrogens with zero attached hydrogens (tertiary/aromatic N) is 4. The zero-order chi connectivity index (χ0) is 13.2. The minimum absolute atomic E-state index is 0.665. The van der Waals surface area contributed by atoms with Crippen LogP contribution in [0.3, 0.4) is 0 Å². The monoisotopic (exact) mass is 275 g/mol. The summed E-state index contributed by atoms with van der Waals surface area (Å²) >= 11 is 1.56. The number of rotatable bonds is 4. The van der Waals surface area contributed by atoms with Crippen molar-refractivity contribution in [2.24, 2.45) is 0 Å². The topological polar surface area (TPSA) is 78.3 Å². The Hall–Kier alpha value is -2.15. The third-order valence-corrected chi connectivity index (χ3v) is 3.82. The molecule has 0 aliphatic rings. The predicted octanol–water partition coefficient (Wildman–Crippen LogP) is 1.56. The van der Waals surface area contributed by atoms with Crippen LogP contribution < -0.4 is 10.5 Å². The molecule has 1 aromatic carbocycles. The first-order valence-electron chi connectivity index (χ1n) is 5.84. The maximum Gasteiger partial charge on any atom is 0.234 e. The number of methoxy groups -OCH3 is 1. The third-order valence-electron chi connectivity index (χ3n) is 2.85.